The number of ether oxygens (including phenoxy) is 2. The van der Waals surface area contributed by atoms with Crippen molar-refractivity contribution in [1.29, 1.82) is 0 Å². The molecule has 0 aliphatic carbocycles. The maximum atomic E-state index is 5.89. The predicted octanol–water partition coefficient (Wildman–Crippen LogP) is 1.40. The van der Waals surface area contributed by atoms with Crippen LogP contribution in [-0.4, -0.2) is 13.7 Å². The summed E-state index contributed by atoms with van der Waals surface area (Å²) in [5.74, 6) is 1.72. The number of benzene rings is 1. The molecule has 3 nitrogen and oxygen atoms in total. The molecule has 1 aromatic rings. The van der Waals surface area contributed by atoms with Crippen molar-refractivity contribution in [3.8, 4) is 11.5 Å². The molecule has 1 atom stereocenters. The van der Waals surface area contributed by atoms with Crippen LogP contribution in [0.5, 0.6) is 11.5 Å². The first-order chi connectivity index (χ1) is 6.24. The Bertz CT molecular complexity index is 336. The van der Waals surface area contributed by atoms with Crippen molar-refractivity contribution in [3.63, 3.8) is 0 Å². The summed E-state index contributed by atoms with van der Waals surface area (Å²) in [4.78, 5) is 0. The minimum atomic E-state index is -0.0511. The Morgan fingerprint density at radius 3 is 3.00 bits per heavy atom. The Balaban J connectivity index is 2.60. The molecule has 1 heterocycles. The second kappa shape index (κ2) is 2.92. The molecule has 2 N–H and O–H groups in total. The summed E-state index contributed by atoms with van der Waals surface area (Å²) in [7, 11) is 1.66. The highest BCUT2D eigenvalue weighted by atomic mass is 16.5. The highest BCUT2D eigenvalue weighted by Crippen LogP contribution is 2.39. The lowest BCUT2D eigenvalue weighted by molar-refractivity contribution is 0.333. The number of aryl methyl sites for hydroxylation is 1. The van der Waals surface area contributed by atoms with E-state index in [9.17, 15) is 0 Å². The summed E-state index contributed by atoms with van der Waals surface area (Å²) in [5.41, 5.74) is 7.99. The van der Waals surface area contributed by atoms with Crippen LogP contribution in [0.2, 0.25) is 0 Å². The number of nitrogens with two attached hydrogens (primary N) is 1. The Morgan fingerprint density at radius 1 is 1.54 bits per heavy atom. The minimum absolute atomic E-state index is 0.0511. The van der Waals surface area contributed by atoms with E-state index in [1.807, 2.05) is 19.1 Å². The molecule has 1 unspecified atom stereocenters. The maximum Gasteiger partial charge on any atom is 0.130 e. The van der Waals surface area contributed by atoms with E-state index in [0.717, 1.165) is 22.6 Å². The third-order valence-corrected chi connectivity index (χ3v) is 2.35. The Hall–Kier alpha value is -1.22. The number of fused-ring (bicyclic) bond motifs is 1. The Labute approximate surface area is 77.5 Å². The molecule has 3 heteroatoms. The second-order valence-corrected chi connectivity index (χ2v) is 3.25. The Kier molecular flexibility index (Phi) is 1.88. The van der Waals surface area contributed by atoms with Gasteiger partial charge >= 0.3 is 0 Å². The normalized spacial score (nSPS) is 19.5. The lowest BCUT2D eigenvalue weighted by Crippen LogP contribution is -2.12. The zero-order valence-electron chi connectivity index (χ0n) is 7.83. The van der Waals surface area contributed by atoms with Gasteiger partial charge in [0.1, 0.15) is 18.1 Å². The molecule has 0 bridgehead atoms. The fourth-order valence-electron chi connectivity index (χ4n) is 1.70. The van der Waals surface area contributed by atoms with Crippen LogP contribution in [0.25, 0.3) is 0 Å². The van der Waals surface area contributed by atoms with Crippen molar-refractivity contribution >= 4 is 0 Å². The monoisotopic (exact) mass is 179 g/mol. The smallest absolute Gasteiger partial charge is 0.130 e. The summed E-state index contributed by atoms with van der Waals surface area (Å²) in [6, 6.07) is 3.88. The Morgan fingerprint density at radius 2 is 2.31 bits per heavy atom. The molecular weight excluding hydrogens is 166 g/mol. The molecule has 0 saturated carbocycles. The molecule has 0 aromatic heterocycles. The van der Waals surface area contributed by atoms with Crippen molar-refractivity contribution in [1.82, 2.24) is 0 Å². The third-order valence-electron chi connectivity index (χ3n) is 2.35. The van der Waals surface area contributed by atoms with Gasteiger partial charge in [-0.15, -0.1) is 0 Å². The van der Waals surface area contributed by atoms with E-state index in [4.69, 9.17) is 15.2 Å². The van der Waals surface area contributed by atoms with Gasteiger partial charge in [-0.2, -0.15) is 0 Å². The van der Waals surface area contributed by atoms with E-state index in [1.54, 1.807) is 7.11 Å². The van der Waals surface area contributed by atoms with Gasteiger partial charge in [0.2, 0.25) is 0 Å². The van der Waals surface area contributed by atoms with Gasteiger partial charge in [-0.1, -0.05) is 6.07 Å². The molecule has 1 aromatic carbocycles. The molecule has 0 radical (unpaired) electrons. The highest BCUT2D eigenvalue weighted by molar-refractivity contribution is 5.53. The number of rotatable bonds is 1. The second-order valence-electron chi connectivity index (χ2n) is 3.25. The number of methoxy groups -OCH3 is 1. The van der Waals surface area contributed by atoms with Crippen LogP contribution >= 0.6 is 0 Å². The average Bonchev–Trinajstić information content (AvgIpc) is 2.49. The molecule has 13 heavy (non-hydrogen) atoms. The van der Waals surface area contributed by atoms with Gasteiger partial charge in [0.25, 0.3) is 0 Å². The molecule has 1 aliphatic rings. The molecule has 0 fully saturated rings. The zero-order chi connectivity index (χ0) is 9.42. The van der Waals surface area contributed by atoms with E-state index in [1.165, 1.54) is 0 Å². The summed E-state index contributed by atoms with van der Waals surface area (Å²) < 4.78 is 10.7. The van der Waals surface area contributed by atoms with Crippen LogP contribution in [0.4, 0.5) is 0 Å². The van der Waals surface area contributed by atoms with E-state index in [-0.39, 0.29) is 6.04 Å². The molecule has 0 spiro atoms. The van der Waals surface area contributed by atoms with Crippen LogP contribution in [-0.2, 0) is 0 Å². The van der Waals surface area contributed by atoms with Crippen LogP contribution in [0.15, 0.2) is 12.1 Å². The zero-order valence-corrected chi connectivity index (χ0v) is 7.83. The standard InChI is InChI=1S/C10H13NO2/c1-6-3-4-8-9(10(6)12-2)7(11)5-13-8/h3-4,7H,5,11H2,1-2H3. The first-order valence-electron chi connectivity index (χ1n) is 4.30. The lowest BCUT2D eigenvalue weighted by Gasteiger charge is -2.10. The van der Waals surface area contributed by atoms with Crippen LogP contribution in [0.1, 0.15) is 17.2 Å². The van der Waals surface area contributed by atoms with Crippen molar-refractivity contribution < 1.29 is 9.47 Å². The predicted molar refractivity (Wildman–Crippen MR) is 50.2 cm³/mol. The first kappa shape index (κ1) is 8.38. The van der Waals surface area contributed by atoms with Crippen molar-refractivity contribution in [2.75, 3.05) is 13.7 Å². The quantitative estimate of drug-likeness (QED) is 0.708. The fourth-order valence-corrected chi connectivity index (χ4v) is 1.70. The van der Waals surface area contributed by atoms with Gasteiger partial charge in [-0.3, -0.25) is 0 Å². The fraction of sp³-hybridized carbons (Fsp3) is 0.400. The van der Waals surface area contributed by atoms with Crippen molar-refractivity contribution in [3.05, 3.63) is 23.3 Å². The van der Waals surface area contributed by atoms with Crippen LogP contribution in [0.3, 0.4) is 0 Å². The molecule has 2 rings (SSSR count). The van der Waals surface area contributed by atoms with Crippen LogP contribution < -0.4 is 15.2 Å². The van der Waals surface area contributed by atoms with Crippen LogP contribution in [0, 0.1) is 6.92 Å². The van der Waals surface area contributed by atoms with Crippen molar-refractivity contribution in [2.24, 2.45) is 5.73 Å². The summed E-state index contributed by atoms with van der Waals surface area (Å²) >= 11 is 0. The summed E-state index contributed by atoms with van der Waals surface area (Å²) in [6.45, 7) is 2.55. The molecule has 70 valence electrons. The molecular formula is C10H13NO2. The average molecular weight is 179 g/mol. The third kappa shape index (κ3) is 1.16. The van der Waals surface area contributed by atoms with Crippen molar-refractivity contribution in [2.45, 2.75) is 13.0 Å². The van der Waals surface area contributed by atoms with E-state index < -0.39 is 0 Å². The molecule has 0 amide bonds. The van der Waals surface area contributed by atoms with E-state index >= 15 is 0 Å². The minimum Gasteiger partial charge on any atom is -0.496 e. The van der Waals surface area contributed by atoms with Gasteiger partial charge in [-0.05, 0) is 18.6 Å². The topological polar surface area (TPSA) is 44.5 Å². The molecule has 0 saturated heterocycles. The number of hydrogen-bond acceptors (Lipinski definition) is 3. The lowest BCUT2D eigenvalue weighted by atomic mass is 10.0. The van der Waals surface area contributed by atoms with Gasteiger partial charge < -0.3 is 15.2 Å². The van der Waals surface area contributed by atoms with Gasteiger partial charge in [0.05, 0.1) is 18.7 Å². The van der Waals surface area contributed by atoms with Gasteiger partial charge in [-0.25, -0.2) is 0 Å². The highest BCUT2D eigenvalue weighted by Gasteiger charge is 2.25. The number of hydrogen-bond donors (Lipinski definition) is 1. The van der Waals surface area contributed by atoms with E-state index in [2.05, 4.69) is 0 Å². The first-order valence-corrected chi connectivity index (χ1v) is 4.30. The molecule has 1 aliphatic heterocycles. The van der Waals surface area contributed by atoms with Gasteiger partial charge in [0.15, 0.2) is 0 Å². The SMILES string of the molecule is COc1c(C)ccc2c1C(N)CO2. The largest absolute Gasteiger partial charge is 0.496 e. The summed E-state index contributed by atoms with van der Waals surface area (Å²) in [6.07, 6.45) is 0. The van der Waals surface area contributed by atoms with E-state index in [0.29, 0.717) is 6.61 Å². The maximum absolute atomic E-state index is 5.89. The van der Waals surface area contributed by atoms with Gasteiger partial charge in [0, 0.05) is 0 Å². The summed E-state index contributed by atoms with van der Waals surface area (Å²) in [5, 5.41) is 0.